The second-order valence-electron chi connectivity index (χ2n) is 10.7. The van der Waals surface area contributed by atoms with Gasteiger partial charge in [-0.15, -0.1) is 0 Å². The number of rotatable bonds is 7. The van der Waals surface area contributed by atoms with E-state index in [1.54, 1.807) is 17.9 Å². The van der Waals surface area contributed by atoms with Crippen molar-refractivity contribution in [2.45, 2.75) is 65.7 Å². The van der Waals surface area contributed by atoms with Crippen molar-refractivity contribution in [3.63, 3.8) is 0 Å². The summed E-state index contributed by atoms with van der Waals surface area (Å²) < 4.78 is 21.7. The fraction of sp³-hybridized carbons (Fsp3) is 0.483. The second kappa shape index (κ2) is 10.6. The Labute approximate surface area is 222 Å². The van der Waals surface area contributed by atoms with E-state index in [0.29, 0.717) is 35.7 Å². The standard InChI is InChI=1S/C29H37FN4O4/c1-17-15-24(38-6)22(26(35)32-17)16-31-27(36)25-19(3)34(23-10-8-7-9-21(23)25)18(2)20-11-13-33(14-12-20)28(37)29(4,5)30/h7-10,15,18,20H,11-14,16H2,1-6H3,(H,31,36)(H,32,35)/t18-/m1/s1. The lowest BCUT2D eigenvalue weighted by Crippen LogP contribution is -2.47. The van der Waals surface area contributed by atoms with Gasteiger partial charge in [-0.25, -0.2) is 4.39 Å². The van der Waals surface area contributed by atoms with E-state index in [2.05, 4.69) is 21.8 Å². The van der Waals surface area contributed by atoms with Gasteiger partial charge in [0.05, 0.1) is 24.8 Å². The highest BCUT2D eigenvalue weighted by Gasteiger charge is 2.35. The van der Waals surface area contributed by atoms with Crippen LogP contribution in [0.4, 0.5) is 4.39 Å². The Morgan fingerprint density at radius 3 is 2.50 bits per heavy atom. The first-order valence-electron chi connectivity index (χ1n) is 13.1. The Morgan fingerprint density at radius 2 is 1.87 bits per heavy atom. The Hall–Kier alpha value is -3.62. The van der Waals surface area contributed by atoms with Crippen LogP contribution in [-0.2, 0) is 11.3 Å². The molecule has 2 aromatic heterocycles. The summed E-state index contributed by atoms with van der Waals surface area (Å²) in [4.78, 5) is 42.8. The number of likely N-dealkylation sites (tertiary alicyclic amines) is 1. The van der Waals surface area contributed by atoms with Crippen molar-refractivity contribution in [1.29, 1.82) is 0 Å². The van der Waals surface area contributed by atoms with Crippen LogP contribution in [0.25, 0.3) is 10.9 Å². The lowest BCUT2D eigenvalue weighted by atomic mass is 9.89. The number of halogens is 1. The number of carbonyl (C=O) groups is 2. The van der Waals surface area contributed by atoms with Gasteiger partial charge >= 0.3 is 0 Å². The molecule has 0 bridgehead atoms. The van der Waals surface area contributed by atoms with Crippen molar-refractivity contribution < 1.29 is 18.7 Å². The Kier molecular flexibility index (Phi) is 7.67. The number of amides is 2. The molecule has 204 valence electrons. The number of hydrogen-bond acceptors (Lipinski definition) is 4. The molecule has 38 heavy (non-hydrogen) atoms. The third kappa shape index (κ3) is 5.19. The number of aromatic nitrogens is 2. The van der Waals surface area contributed by atoms with Gasteiger partial charge in [0.15, 0.2) is 5.67 Å². The van der Waals surface area contributed by atoms with Crippen molar-refractivity contribution in [1.82, 2.24) is 19.8 Å². The van der Waals surface area contributed by atoms with Crippen LogP contribution < -0.4 is 15.6 Å². The first kappa shape index (κ1) is 27.4. The molecule has 0 radical (unpaired) electrons. The Bertz CT molecular complexity index is 1410. The van der Waals surface area contributed by atoms with Crippen molar-refractivity contribution in [2.24, 2.45) is 5.92 Å². The molecule has 1 atom stereocenters. The van der Waals surface area contributed by atoms with Gasteiger partial charge in [0.1, 0.15) is 5.75 Å². The van der Waals surface area contributed by atoms with Crippen molar-refractivity contribution >= 4 is 22.7 Å². The van der Waals surface area contributed by atoms with E-state index in [1.165, 1.54) is 21.0 Å². The highest BCUT2D eigenvalue weighted by atomic mass is 19.1. The molecule has 1 aliphatic heterocycles. The predicted octanol–water partition coefficient (Wildman–Crippen LogP) is 4.43. The first-order chi connectivity index (χ1) is 17.9. The molecule has 1 aliphatic rings. The maximum Gasteiger partial charge on any atom is 0.259 e. The Balaban J connectivity index is 1.58. The monoisotopic (exact) mass is 524 g/mol. The number of nitrogens with one attached hydrogen (secondary N) is 2. The molecule has 3 aromatic rings. The van der Waals surface area contributed by atoms with Crippen LogP contribution in [0.15, 0.2) is 35.1 Å². The zero-order chi connectivity index (χ0) is 27.8. The maximum absolute atomic E-state index is 14.2. The molecule has 0 aliphatic carbocycles. The van der Waals surface area contributed by atoms with Crippen LogP contribution in [-0.4, -0.2) is 52.1 Å². The average Bonchev–Trinajstić information content (AvgIpc) is 3.17. The first-order valence-corrected chi connectivity index (χ1v) is 13.1. The summed E-state index contributed by atoms with van der Waals surface area (Å²) >= 11 is 0. The van der Waals surface area contributed by atoms with Gasteiger partial charge in [0.2, 0.25) is 0 Å². The molecule has 0 spiro atoms. The van der Waals surface area contributed by atoms with Crippen molar-refractivity contribution in [3.05, 3.63) is 63.2 Å². The van der Waals surface area contributed by atoms with Gasteiger partial charge < -0.3 is 24.5 Å². The summed E-state index contributed by atoms with van der Waals surface area (Å²) in [5, 5.41) is 3.75. The summed E-state index contributed by atoms with van der Waals surface area (Å²) in [5.74, 6) is -0.0330. The summed E-state index contributed by atoms with van der Waals surface area (Å²) in [7, 11) is 1.50. The number of aryl methyl sites for hydroxylation is 1. The highest BCUT2D eigenvalue weighted by molar-refractivity contribution is 6.08. The minimum atomic E-state index is -1.87. The molecule has 9 heteroatoms. The van der Waals surface area contributed by atoms with E-state index in [4.69, 9.17) is 4.74 Å². The smallest absolute Gasteiger partial charge is 0.259 e. The normalized spacial score (nSPS) is 15.5. The van der Waals surface area contributed by atoms with Gasteiger partial charge in [0, 0.05) is 41.4 Å². The van der Waals surface area contributed by atoms with Crippen LogP contribution in [0.1, 0.15) is 67.0 Å². The van der Waals surface area contributed by atoms with Crippen LogP contribution in [0, 0.1) is 19.8 Å². The number of hydrogen-bond donors (Lipinski definition) is 2. The van der Waals surface area contributed by atoms with E-state index in [0.717, 1.165) is 29.4 Å². The molecule has 8 nitrogen and oxygen atoms in total. The third-order valence-corrected chi connectivity index (χ3v) is 7.68. The summed E-state index contributed by atoms with van der Waals surface area (Å²) in [5.41, 5.74) is 1.23. The molecule has 2 amide bonds. The fourth-order valence-corrected chi connectivity index (χ4v) is 5.67. The molecule has 3 heterocycles. The van der Waals surface area contributed by atoms with Gasteiger partial charge in [-0.1, -0.05) is 18.2 Å². The number of methoxy groups -OCH3 is 1. The SMILES string of the molecule is COc1cc(C)[nH]c(=O)c1CNC(=O)c1c(C)n([C@H](C)C2CCN(C(=O)C(C)(C)F)CC2)c2ccccc12. The largest absolute Gasteiger partial charge is 0.496 e. The molecule has 0 unspecified atom stereocenters. The lowest BCUT2D eigenvalue weighted by molar-refractivity contribution is -0.143. The number of H-pyrrole nitrogens is 1. The number of fused-ring (bicyclic) bond motifs is 1. The number of piperidine rings is 1. The van der Waals surface area contributed by atoms with E-state index >= 15 is 0 Å². The molecular formula is C29H37FN4O4. The second-order valence-corrected chi connectivity index (χ2v) is 10.7. The van der Waals surface area contributed by atoms with E-state index in [9.17, 15) is 18.8 Å². The van der Waals surface area contributed by atoms with Crippen LogP contribution >= 0.6 is 0 Å². The summed E-state index contributed by atoms with van der Waals surface area (Å²) in [6, 6.07) is 9.60. The number of para-hydroxylation sites is 1. The van der Waals surface area contributed by atoms with Crippen molar-refractivity contribution in [2.75, 3.05) is 20.2 Å². The quantitative estimate of drug-likeness (QED) is 0.478. The minimum Gasteiger partial charge on any atom is -0.496 e. The predicted molar refractivity (Wildman–Crippen MR) is 145 cm³/mol. The molecule has 1 aromatic carbocycles. The van der Waals surface area contributed by atoms with E-state index < -0.39 is 11.6 Å². The molecular weight excluding hydrogens is 487 g/mol. The maximum atomic E-state index is 14.2. The van der Waals surface area contributed by atoms with Crippen LogP contribution in [0.2, 0.25) is 0 Å². The van der Waals surface area contributed by atoms with Crippen LogP contribution in [0.3, 0.4) is 0 Å². The number of aromatic amines is 1. The number of benzene rings is 1. The van der Waals surface area contributed by atoms with Gasteiger partial charge in [-0.2, -0.15) is 0 Å². The molecule has 0 saturated carbocycles. The van der Waals surface area contributed by atoms with Crippen molar-refractivity contribution in [3.8, 4) is 5.75 Å². The Morgan fingerprint density at radius 1 is 1.21 bits per heavy atom. The average molecular weight is 525 g/mol. The van der Waals surface area contributed by atoms with Gasteiger partial charge in [-0.3, -0.25) is 14.4 Å². The molecule has 4 rings (SSSR count). The molecule has 1 fully saturated rings. The minimum absolute atomic E-state index is 0.0313. The zero-order valence-electron chi connectivity index (χ0n) is 23.0. The summed E-state index contributed by atoms with van der Waals surface area (Å²) in [6.07, 6.45) is 1.51. The topological polar surface area (TPSA) is 96.4 Å². The number of carbonyl (C=O) groups excluding carboxylic acids is 2. The molecule has 2 N–H and O–H groups in total. The zero-order valence-corrected chi connectivity index (χ0v) is 23.0. The number of ether oxygens (including phenoxy) is 1. The lowest BCUT2D eigenvalue weighted by Gasteiger charge is -2.37. The number of alkyl halides is 1. The van der Waals surface area contributed by atoms with E-state index in [-0.39, 0.29) is 30.0 Å². The van der Waals surface area contributed by atoms with Crippen LogP contribution in [0.5, 0.6) is 5.75 Å². The van der Waals surface area contributed by atoms with Gasteiger partial charge in [-0.05, 0) is 65.5 Å². The van der Waals surface area contributed by atoms with E-state index in [1.807, 2.05) is 31.2 Å². The van der Waals surface area contributed by atoms with Gasteiger partial charge in [0.25, 0.3) is 17.4 Å². The number of pyridine rings is 1. The summed E-state index contributed by atoms with van der Waals surface area (Å²) in [6.45, 7) is 9.51. The fourth-order valence-electron chi connectivity index (χ4n) is 5.67. The third-order valence-electron chi connectivity index (χ3n) is 7.68. The molecule has 1 saturated heterocycles. The highest BCUT2D eigenvalue weighted by Crippen LogP contribution is 2.36. The number of nitrogens with zero attached hydrogens (tertiary/aromatic N) is 2.